The van der Waals surface area contributed by atoms with Gasteiger partial charge in [0.05, 0.1) is 6.04 Å². The van der Waals surface area contributed by atoms with Gasteiger partial charge in [-0.05, 0) is 37.3 Å². The van der Waals surface area contributed by atoms with Gasteiger partial charge in [-0.15, -0.1) is 0 Å². The summed E-state index contributed by atoms with van der Waals surface area (Å²) in [6.07, 6.45) is 3.34. The van der Waals surface area contributed by atoms with Gasteiger partial charge in [0.25, 0.3) is 0 Å². The Morgan fingerprint density at radius 1 is 1.24 bits per heavy atom. The maximum Gasteiger partial charge on any atom is 0.240 e. The van der Waals surface area contributed by atoms with Crippen molar-refractivity contribution < 1.29 is 9.59 Å². The normalized spacial score (nSPS) is 25.3. The summed E-state index contributed by atoms with van der Waals surface area (Å²) in [5.74, 6) is 0.508. The number of fused-ring (bicyclic) bond motifs is 1. The van der Waals surface area contributed by atoms with E-state index >= 15 is 0 Å². The lowest BCUT2D eigenvalue weighted by Crippen LogP contribution is -2.53. The van der Waals surface area contributed by atoms with Crippen LogP contribution >= 0.6 is 0 Å². The Bertz CT molecular complexity index is 679. The standard InChI is InChI=1S/C20H27N3O2/c1-2-22-14-20(12-18(22)24)7-9-23(10-8-20)19(25)17-11-15-5-3-4-6-16(15)13-21-17/h3-6,17,21H,2,7-14H2,1H3. The summed E-state index contributed by atoms with van der Waals surface area (Å²) in [6, 6.07) is 8.25. The second-order valence-corrected chi connectivity index (χ2v) is 7.82. The third-order valence-electron chi connectivity index (χ3n) is 6.30. The van der Waals surface area contributed by atoms with Crippen molar-refractivity contribution in [3.8, 4) is 0 Å². The van der Waals surface area contributed by atoms with Crippen LogP contribution in [0, 0.1) is 5.41 Å². The van der Waals surface area contributed by atoms with E-state index in [0.29, 0.717) is 6.42 Å². The number of hydrogen-bond acceptors (Lipinski definition) is 3. The zero-order valence-electron chi connectivity index (χ0n) is 15.0. The Kier molecular flexibility index (Phi) is 4.28. The molecule has 1 N–H and O–H groups in total. The Balaban J connectivity index is 1.37. The summed E-state index contributed by atoms with van der Waals surface area (Å²) >= 11 is 0. The number of benzene rings is 1. The topological polar surface area (TPSA) is 52.6 Å². The molecular weight excluding hydrogens is 314 g/mol. The van der Waals surface area contributed by atoms with Gasteiger partial charge >= 0.3 is 0 Å². The molecule has 134 valence electrons. The predicted molar refractivity (Wildman–Crippen MR) is 95.9 cm³/mol. The van der Waals surface area contributed by atoms with Crippen molar-refractivity contribution in [1.82, 2.24) is 15.1 Å². The molecule has 0 saturated carbocycles. The first-order valence-electron chi connectivity index (χ1n) is 9.47. The summed E-state index contributed by atoms with van der Waals surface area (Å²) in [5.41, 5.74) is 2.69. The SMILES string of the molecule is CCN1CC2(CCN(C(=O)C3Cc4ccccc4CN3)CC2)CC1=O. The second-order valence-electron chi connectivity index (χ2n) is 7.82. The first-order valence-corrected chi connectivity index (χ1v) is 9.47. The highest BCUT2D eigenvalue weighted by Gasteiger charge is 2.45. The van der Waals surface area contributed by atoms with E-state index in [0.717, 1.165) is 52.0 Å². The van der Waals surface area contributed by atoms with E-state index in [-0.39, 0.29) is 23.3 Å². The van der Waals surface area contributed by atoms with Gasteiger partial charge in [0, 0.05) is 44.6 Å². The Hall–Kier alpha value is -1.88. The van der Waals surface area contributed by atoms with Crippen molar-refractivity contribution in [2.75, 3.05) is 26.2 Å². The van der Waals surface area contributed by atoms with Crippen molar-refractivity contribution >= 4 is 11.8 Å². The smallest absolute Gasteiger partial charge is 0.240 e. The summed E-state index contributed by atoms with van der Waals surface area (Å²) in [6.45, 7) is 6.05. The van der Waals surface area contributed by atoms with Crippen LogP contribution in [-0.2, 0) is 22.6 Å². The van der Waals surface area contributed by atoms with E-state index in [1.807, 2.05) is 22.8 Å². The third-order valence-corrected chi connectivity index (χ3v) is 6.30. The lowest BCUT2D eigenvalue weighted by Gasteiger charge is -2.40. The first-order chi connectivity index (χ1) is 12.1. The van der Waals surface area contributed by atoms with Crippen LogP contribution in [0.5, 0.6) is 0 Å². The van der Waals surface area contributed by atoms with Gasteiger partial charge in [0.1, 0.15) is 0 Å². The maximum atomic E-state index is 12.9. The minimum Gasteiger partial charge on any atom is -0.342 e. The molecule has 4 rings (SSSR count). The number of rotatable bonds is 2. The molecule has 5 nitrogen and oxygen atoms in total. The molecule has 5 heteroatoms. The highest BCUT2D eigenvalue weighted by atomic mass is 16.2. The number of amides is 2. The summed E-state index contributed by atoms with van der Waals surface area (Å²) in [7, 11) is 0. The minimum atomic E-state index is -0.110. The van der Waals surface area contributed by atoms with E-state index in [1.165, 1.54) is 11.1 Å². The summed E-state index contributed by atoms with van der Waals surface area (Å²) < 4.78 is 0. The van der Waals surface area contributed by atoms with Gasteiger partial charge < -0.3 is 15.1 Å². The summed E-state index contributed by atoms with van der Waals surface area (Å²) in [4.78, 5) is 29.0. The van der Waals surface area contributed by atoms with Crippen LogP contribution < -0.4 is 5.32 Å². The zero-order valence-corrected chi connectivity index (χ0v) is 15.0. The van der Waals surface area contributed by atoms with Crippen LogP contribution in [0.3, 0.4) is 0 Å². The molecule has 3 heterocycles. The van der Waals surface area contributed by atoms with E-state index < -0.39 is 0 Å². The molecule has 1 aromatic carbocycles. The molecule has 2 saturated heterocycles. The molecule has 1 aromatic rings. The largest absolute Gasteiger partial charge is 0.342 e. The van der Waals surface area contributed by atoms with Crippen LogP contribution in [-0.4, -0.2) is 53.8 Å². The molecule has 3 aliphatic rings. The highest BCUT2D eigenvalue weighted by Crippen LogP contribution is 2.41. The average Bonchev–Trinajstić information content (AvgIpc) is 2.96. The molecule has 3 aliphatic heterocycles. The predicted octanol–water partition coefficient (Wildman–Crippen LogP) is 1.56. The minimum absolute atomic E-state index is 0.108. The second kappa shape index (κ2) is 6.45. The molecule has 1 unspecified atom stereocenters. The molecule has 0 aliphatic carbocycles. The summed E-state index contributed by atoms with van der Waals surface area (Å²) in [5, 5.41) is 3.40. The maximum absolute atomic E-state index is 12.9. The Labute approximate surface area is 149 Å². The van der Waals surface area contributed by atoms with Crippen molar-refractivity contribution in [2.24, 2.45) is 5.41 Å². The monoisotopic (exact) mass is 341 g/mol. The van der Waals surface area contributed by atoms with Gasteiger partial charge in [-0.2, -0.15) is 0 Å². The van der Waals surface area contributed by atoms with Crippen molar-refractivity contribution in [3.63, 3.8) is 0 Å². The number of carbonyl (C=O) groups excluding carboxylic acids is 2. The lowest BCUT2D eigenvalue weighted by atomic mass is 9.77. The highest BCUT2D eigenvalue weighted by molar-refractivity contribution is 5.83. The molecule has 1 atom stereocenters. The number of piperidine rings is 1. The van der Waals surface area contributed by atoms with Crippen LogP contribution in [0.25, 0.3) is 0 Å². The van der Waals surface area contributed by atoms with Gasteiger partial charge in [-0.1, -0.05) is 24.3 Å². The van der Waals surface area contributed by atoms with Crippen molar-refractivity contribution in [3.05, 3.63) is 35.4 Å². The van der Waals surface area contributed by atoms with Crippen LogP contribution in [0.15, 0.2) is 24.3 Å². The Morgan fingerprint density at radius 2 is 1.96 bits per heavy atom. The number of nitrogens with zero attached hydrogens (tertiary/aromatic N) is 2. The van der Waals surface area contributed by atoms with E-state index in [4.69, 9.17) is 0 Å². The molecule has 1 spiro atoms. The van der Waals surface area contributed by atoms with Crippen molar-refractivity contribution in [2.45, 2.75) is 45.2 Å². The fourth-order valence-electron chi connectivity index (χ4n) is 4.66. The van der Waals surface area contributed by atoms with Gasteiger partial charge in [0.2, 0.25) is 11.8 Å². The quantitative estimate of drug-likeness (QED) is 0.888. The van der Waals surface area contributed by atoms with E-state index in [2.05, 4.69) is 23.5 Å². The number of carbonyl (C=O) groups is 2. The fraction of sp³-hybridized carbons (Fsp3) is 0.600. The molecular formula is C20H27N3O2. The van der Waals surface area contributed by atoms with Gasteiger partial charge in [-0.3, -0.25) is 9.59 Å². The Morgan fingerprint density at radius 3 is 2.64 bits per heavy atom. The van der Waals surface area contributed by atoms with Gasteiger partial charge in [-0.25, -0.2) is 0 Å². The number of nitrogens with one attached hydrogen (secondary N) is 1. The zero-order chi connectivity index (χ0) is 17.4. The van der Waals surface area contributed by atoms with Crippen molar-refractivity contribution in [1.29, 1.82) is 0 Å². The fourth-order valence-corrected chi connectivity index (χ4v) is 4.66. The van der Waals surface area contributed by atoms with Crippen LogP contribution in [0.2, 0.25) is 0 Å². The molecule has 2 fully saturated rings. The van der Waals surface area contributed by atoms with E-state index in [1.54, 1.807) is 0 Å². The lowest BCUT2D eigenvalue weighted by molar-refractivity contribution is -0.135. The molecule has 0 radical (unpaired) electrons. The van der Waals surface area contributed by atoms with Crippen LogP contribution in [0.1, 0.15) is 37.3 Å². The van der Waals surface area contributed by atoms with Gasteiger partial charge in [0.15, 0.2) is 0 Å². The first kappa shape index (κ1) is 16.6. The average molecular weight is 341 g/mol. The molecule has 0 bridgehead atoms. The number of hydrogen-bond donors (Lipinski definition) is 1. The molecule has 2 amide bonds. The molecule has 25 heavy (non-hydrogen) atoms. The molecule has 0 aromatic heterocycles. The van der Waals surface area contributed by atoms with E-state index in [9.17, 15) is 9.59 Å². The van der Waals surface area contributed by atoms with Crippen LogP contribution in [0.4, 0.5) is 0 Å². The third kappa shape index (κ3) is 3.06. The number of likely N-dealkylation sites (tertiary alicyclic amines) is 2.